The molecule has 1 atom stereocenters. The Morgan fingerprint density at radius 2 is 2.25 bits per heavy atom. The predicted octanol–water partition coefficient (Wildman–Crippen LogP) is 2.54. The molecule has 1 aromatic rings. The van der Waals surface area contributed by atoms with Crippen LogP contribution in [0, 0.1) is 0 Å². The van der Waals surface area contributed by atoms with Crippen LogP contribution in [0.1, 0.15) is 23.6 Å². The summed E-state index contributed by atoms with van der Waals surface area (Å²) in [5.41, 5.74) is 3.01. The topological polar surface area (TPSA) is 12.0 Å². The van der Waals surface area contributed by atoms with Crippen LogP contribution >= 0.6 is 11.9 Å². The lowest BCUT2D eigenvalue weighted by Gasteiger charge is -2.10. The summed E-state index contributed by atoms with van der Waals surface area (Å²) in [4.78, 5) is 0. The molecule has 0 fully saturated rings. The van der Waals surface area contributed by atoms with Crippen molar-refractivity contribution in [1.29, 1.82) is 0 Å². The first-order valence-corrected chi connectivity index (χ1v) is 5.50. The maximum Gasteiger partial charge on any atom is 0.0427 e. The zero-order chi connectivity index (χ0) is 8.39. The smallest absolute Gasteiger partial charge is 0.0427 e. The lowest BCUT2D eigenvalue weighted by Crippen LogP contribution is -2.09. The zero-order valence-corrected chi connectivity index (χ0v) is 8.03. The van der Waals surface area contributed by atoms with Gasteiger partial charge in [-0.2, -0.15) is 0 Å². The normalized spacial score (nSPS) is 20.9. The summed E-state index contributed by atoms with van der Waals surface area (Å²) in [7, 11) is 0. The Hall–Kier alpha value is -0.470. The quantitative estimate of drug-likeness (QED) is 0.700. The van der Waals surface area contributed by atoms with Gasteiger partial charge in [-0.05, 0) is 30.2 Å². The maximum atomic E-state index is 3.42. The Bertz CT molecular complexity index is 270. The van der Waals surface area contributed by atoms with Crippen LogP contribution in [0.15, 0.2) is 24.3 Å². The van der Waals surface area contributed by atoms with Crippen LogP contribution in [-0.4, -0.2) is 6.26 Å². The Kier molecular flexibility index (Phi) is 2.38. The fourth-order valence-corrected chi connectivity index (χ4v) is 2.35. The van der Waals surface area contributed by atoms with E-state index in [-0.39, 0.29) is 0 Å². The van der Waals surface area contributed by atoms with Crippen molar-refractivity contribution in [3.63, 3.8) is 0 Å². The van der Waals surface area contributed by atoms with Crippen LogP contribution in [0.3, 0.4) is 0 Å². The molecule has 64 valence electrons. The molecule has 0 heterocycles. The van der Waals surface area contributed by atoms with Crippen molar-refractivity contribution in [1.82, 2.24) is 4.72 Å². The Balaban J connectivity index is 2.24. The van der Waals surface area contributed by atoms with Crippen molar-refractivity contribution in [2.75, 3.05) is 6.26 Å². The summed E-state index contributed by atoms with van der Waals surface area (Å²) in [6.07, 6.45) is 4.56. The molecule has 0 amide bonds. The summed E-state index contributed by atoms with van der Waals surface area (Å²) in [5.74, 6) is 0. The highest BCUT2D eigenvalue weighted by Gasteiger charge is 2.20. The molecule has 1 aliphatic rings. The monoisotopic (exact) mass is 179 g/mol. The van der Waals surface area contributed by atoms with E-state index >= 15 is 0 Å². The predicted molar refractivity (Wildman–Crippen MR) is 54.2 cm³/mol. The van der Waals surface area contributed by atoms with Crippen LogP contribution in [0.25, 0.3) is 0 Å². The highest BCUT2D eigenvalue weighted by Crippen LogP contribution is 2.31. The molecule has 0 spiro atoms. The zero-order valence-electron chi connectivity index (χ0n) is 7.21. The third-order valence-electron chi connectivity index (χ3n) is 2.39. The second kappa shape index (κ2) is 3.50. The van der Waals surface area contributed by atoms with Gasteiger partial charge in [0.25, 0.3) is 0 Å². The molecule has 0 aliphatic heterocycles. The van der Waals surface area contributed by atoms with Crippen LogP contribution in [0.5, 0.6) is 0 Å². The largest absolute Gasteiger partial charge is 0.257 e. The Morgan fingerprint density at radius 3 is 3.08 bits per heavy atom. The second-order valence-corrected chi connectivity index (χ2v) is 3.76. The molecule has 1 nitrogen and oxygen atoms in total. The van der Waals surface area contributed by atoms with Gasteiger partial charge < -0.3 is 0 Å². The third kappa shape index (κ3) is 1.37. The van der Waals surface area contributed by atoms with Crippen LogP contribution in [-0.2, 0) is 6.42 Å². The van der Waals surface area contributed by atoms with Gasteiger partial charge in [-0.1, -0.05) is 36.2 Å². The molecule has 0 radical (unpaired) electrons. The van der Waals surface area contributed by atoms with Gasteiger partial charge in [-0.25, -0.2) is 0 Å². The molecule has 0 bridgehead atoms. The summed E-state index contributed by atoms with van der Waals surface area (Å²) >= 11 is 1.71. The minimum atomic E-state index is 0.580. The van der Waals surface area contributed by atoms with Gasteiger partial charge in [0.2, 0.25) is 0 Å². The third-order valence-corrected chi connectivity index (χ3v) is 2.91. The molecule has 0 unspecified atom stereocenters. The standard InChI is InChI=1S/C10H13NS/c1-12-11-10-7-6-8-4-2-3-5-9(8)10/h2-5,10-11H,6-7H2,1H3/t10-/m0/s1. The number of fused-ring (bicyclic) bond motifs is 1. The van der Waals surface area contributed by atoms with Crippen molar-refractivity contribution in [2.24, 2.45) is 0 Å². The number of hydrogen-bond acceptors (Lipinski definition) is 2. The van der Waals surface area contributed by atoms with Gasteiger partial charge in [0.05, 0.1) is 0 Å². The minimum absolute atomic E-state index is 0.580. The Labute approximate surface area is 77.7 Å². The molecule has 1 aliphatic carbocycles. The van der Waals surface area contributed by atoms with Gasteiger partial charge in [-0.15, -0.1) is 0 Å². The first-order chi connectivity index (χ1) is 5.92. The van der Waals surface area contributed by atoms with Crippen molar-refractivity contribution in [3.8, 4) is 0 Å². The van der Waals surface area contributed by atoms with Crippen LogP contribution < -0.4 is 4.72 Å². The molecular weight excluding hydrogens is 166 g/mol. The van der Waals surface area contributed by atoms with E-state index in [0.29, 0.717) is 6.04 Å². The highest BCUT2D eigenvalue weighted by molar-refractivity contribution is 7.96. The van der Waals surface area contributed by atoms with Crippen LogP contribution in [0.4, 0.5) is 0 Å². The van der Waals surface area contributed by atoms with Crippen LogP contribution in [0.2, 0.25) is 0 Å². The molecule has 12 heavy (non-hydrogen) atoms. The van der Waals surface area contributed by atoms with E-state index < -0.39 is 0 Å². The fourth-order valence-electron chi connectivity index (χ4n) is 1.82. The van der Waals surface area contributed by atoms with E-state index in [0.717, 1.165) is 0 Å². The lowest BCUT2D eigenvalue weighted by molar-refractivity contribution is 0.668. The number of benzene rings is 1. The van der Waals surface area contributed by atoms with Crippen molar-refractivity contribution < 1.29 is 0 Å². The van der Waals surface area contributed by atoms with E-state index in [9.17, 15) is 0 Å². The molecule has 0 saturated carbocycles. The molecule has 1 N–H and O–H groups in total. The number of hydrogen-bond donors (Lipinski definition) is 1. The molecule has 2 rings (SSSR count). The molecule has 1 aromatic carbocycles. The van der Waals surface area contributed by atoms with Gasteiger partial charge in [-0.3, -0.25) is 4.72 Å². The van der Waals surface area contributed by atoms with E-state index in [1.54, 1.807) is 11.9 Å². The van der Waals surface area contributed by atoms with E-state index in [1.165, 1.54) is 24.0 Å². The maximum absolute atomic E-state index is 3.42. The van der Waals surface area contributed by atoms with Gasteiger partial charge in [0.15, 0.2) is 0 Å². The van der Waals surface area contributed by atoms with Crippen molar-refractivity contribution in [3.05, 3.63) is 35.4 Å². The molecule has 0 aromatic heterocycles. The number of nitrogens with one attached hydrogen (secondary N) is 1. The summed E-state index contributed by atoms with van der Waals surface area (Å²) < 4.78 is 3.42. The average molecular weight is 179 g/mol. The first kappa shape index (κ1) is 8.14. The first-order valence-electron chi connectivity index (χ1n) is 4.28. The Morgan fingerprint density at radius 1 is 1.42 bits per heavy atom. The second-order valence-electron chi connectivity index (χ2n) is 3.11. The summed E-state index contributed by atoms with van der Waals surface area (Å²) in [6, 6.07) is 9.30. The lowest BCUT2D eigenvalue weighted by atomic mass is 10.1. The van der Waals surface area contributed by atoms with Gasteiger partial charge in [0, 0.05) is 6.04 Å². The highest BCUT2D eigenvalue weighted by atomic mass is 32.2. The van der Waals surface area contributed by atoms with Crippen molar-refractivity contribution >= 4 is 11.9 Å². The van der Waals surface area contributed by atoms with Crippen molar-refractivity contribution in [2.45, 2.75) is 18.9 Å². The molecule has 2 heteroatoms. The average Bonchev–Trinajstić information content (AvgIpc) is 2.50. The number of aryl methyl sites for hydroxylation is 1. The molecular formula is C10H13NS. The summed E-state index contributed by atoms with van der Waals surface area (Å²) in [6.45, 7) is 0. The van der Waals surface area contributed by atoms with E-state index in [2.05, 4.69) is 35.2 Å². The van der Waals surface area contributed by atoms with Gasteiger partial charge >= 0.3 is 0 Å². The van der Waals surface area contributed by atoms with Gasteiger partial charge in [0.1, 0.15) is 0 Å². The fraction of sp³-hybridized carbons (Fsp3) is 0.400. The molecule has 0 saturated heterocycles. The minimum Gasteiger partial charge on any atom is -0.257 e. The summed E-state index contributed by atoms with van der Waals surface area (Å²) in [5, 5.41) is 0. The van der Waals surface area contributed by atoms with E-state index in [4.69, 9.17) is 0 Å². The number of rotatable bonds is 2. The van der Waals surface area contributed by atoms with E-state index in [1.807, 2.05) is 0 Å². The SMILES string of the molecule is CSN[C@H]1CCc2ccccc21.